The summed E-state index contributed by atoms with van der Waals surface area (Å²) in [7, 11) is -3.93. The Bertz CT molecular complexity index is 1080. The lowest BCUT2D eigenvalue weighted by Gasteiger charge is -2.22. The molecule has 0 aliphatic rings. The van der Waals surface area contributed by atoms with Gasteiger partial charge in [0.15, 0.2) is 0 Å². The van der Waals surface area contributed by atoms with Crippen molar-refractivity contribution in [3.8, 4) is 0 Å². The smallest absolute Gasteiger partial charge is 0.243 e. The second-order valence-electron chi connectivity index (χ2n) is 6.60. The summed E-state index contributed by atoms with van der Waals surface area (Å²) in [5.41, 5.74) is 1.79. The number of nitrogens with zero attached hydrogens (tertiary/aromatic N) is 1. The van der Waals surface area contributed by atoms with Crippen LogP contribution in [0.3, 0.4) is 0 Å². The maximum Gasteiger partial charge on any atom is 0.243 e. The molecule has 0 bridgehead atoms. The van der Waals surface area contributed by atoms with E-state index in [2.05, 4.69) is 5.32 Å². The van der Waals surface area contributed by atoms with E-state index in [-0.39, 0.29) is 17.1 Å². The normalized spacial score (nSPS) is 11.4. The van der Waals surface area contributed by atoms with Crippen LogP contribution in [0.15, 0.2) is 83.8 Å². The van der Waals surface area contributed by atoms with Crippen LogP contribution in [0.5, 0.6) is 0 Å². The number of hydrogen-bond acceptors (Lipinski definition) is 3. The van der Waals surface area contributed by atoms with Gasteiger partial charge in [0.1, 0.15) is 5.82 Å². The topological polar surface area (TPSA) is 66.5 Å². The fraction of sp³-hybridized carbons (Fsp3) is 0.136. The van der Waals surface area contributed by atoms with Crippen LogP contribution in [0.2, 0.25) is 0 Å². The Kier molecular flexibility index (Phi) is 6.41. The number of anilines is 1. The quantitative estimate of drug-likeness (QED) is 0.639. The predicted octanol–water partition coefficient (Wildman–Crippen LogP) is 3.96. The Labute approximate surface area is 169 Å². The minimum atomic E-state index is -3.93. The fourth-order valence-corrected chi connectivity index (χ4v) is 4.18. The SMILES string of the molecule is Cc1ccc(CN(CC(=O)Nc2ccccc2F)S(=O)(=O)c2ccccc2)cc1. The predicted molar refractivity (Wildman–Crippen MR) is 110 cm³/mol. The third kappa shape index (κ3) is 5.28. The highest BCUT2D eigenvalue weighted by Gasteiger charge is 2.27. The van der Waals surface area contributed by atoms with Crippen molar-refractivity contribution >= 4 is 21.6 Å². The summed E-state index contributed by atoms with van der Waals surface area (Å²) in [6.07, 6.45) is 0. The number of benzene rings is 3. The number of para-hydroxylation sites is 1. The number of sulfonamides is 1. The number of carbonyl (C=O) groups excluding carboxylic acids is 1. The van der Waals surface area contributed by atoms with Crippen LogP contribution < -0.4 is 5.32 Å². The van der Waals surface area contributed by atoms with Gasteiger partial charge >= 0.3 is 0 Å². The Morgan fingerprint density at radius 3 is 2.21 bits per heavy atom. The van der Waals surface area contributed by atoms with Gasteiger partial charge in [0.2, 0.25) is 15.9 Å². The number of nitrogens with one attached hydrogen (secondary N) is 1. The zero-order chi connectivity index (χ0) is 20.9. The van der Waals surface area contributed by atoms with E-state index in [1.165, 1.54) is 30.3 Å². The van der Waals surface area contributed by atoms with E-state index in [0.717, 1.165) is 15.4 Å². The van der Waals surface area contributed by atoms with Gasteiger partial charge in [0.05, 0.1) is 17.1 Å². The first-order chi connectivity index (χ1) is 13.9. The molecule has 0 fully saturated rings. The summed E-state index contributed by atoms with van der Waals surface area (Å²) in [5.74, 6) is -1.21. The summed E-state index contributed by atoms with van der Waals surface area (Å²) >= 11 is 0. The Hall–Kier alpha value is -3.03. The fourth-order valence-electron chi connectivity index (χ4n) is 2.78. The molecule has 1 amide bonds. The van der Waals surface area contributed by atoms with Crippen molar-refractivity contribution < 1.29 is 17.6 Å². The molecule has 150 valence electrons. The van der Waals surface area contributed by atoms with Gasteiger partial charge in [-0.05, 0) is 36.8 Å². The van der Waals surface area contributed by atoms with Gasteiger partial charge in [-0.3, -0.25) is 4.79 Å². The van der Waals surface area contributed by atoms with E-state index in [1.54, 1.807) is 24.3 Å². The van der Waals surface area contributed by atoms with Crippen LogP contribution in [0, 0.1) is 12.7 Å². The van der Waals surface area contributed by atoms with Crippen LogP contribution >= 0.6 is 0 Å². The Morgan fingerprint density at radius 2 is 1.55 bits per heavy atom. The zero-order valence-electron chi connectivity index (χ0n) is 15.9. The first-order valence-corrected chi connectivity index (χ1v) is 10.5. The number of halogens is 1. The van der Waals surface area contributed by atoms with Crippen molar-refractivity contribution in [2.75, 3.05) is 11.9 Å². The van der Waals surface area contributed by atoms with Gasteiger partial charge in [0, 0.05) is 6.54 Å². The molecule has 5 nitrogen and oxygen atoms in total. The molecule has 3 aromatic rings. The number of rotatable bonds is 7. The summed E-state index contributed by atoms with van der Waals surface area (Å²) in [5, 5.41) is 2.44. The van der Waals surface area contributed by atoms with Crippen molar-refractivity contribution in [2.24, 2.45) is 0 Å². The molecular formula is C22H21FN2O3S. The third-order valence-electron chi connectivity index (χ3n) is 4.33. The summed E-state index contributed by atoms with van der Waals surface area (Å²) in [6, 6.07) is 21.0. The summed E-state index contributed by atoms with van der Waals surface area (Å²) < 4.78 is 41.2. The molecule has 29 heavy (non-hydrogen) atoms. The molecule has 0 unspecified atom stereocenters. The minimum absolute atomic E-state index is 0.00453. The number of hydrogen-bond donors (Lipinski definition) is 1. The second kappa shape index (κ2) is 8.98. The van der Waals surface area contributed by atoms with E-state index in [4.69, 9.17) is 0 Å². The van der Waals surface area contributed by atoms with Gasteiger partial charge in [-0.15, -0.1) is 0 Å². The average molecular weight is 412 g/mol. The number of amides is 1. The van der Waals surface area contributed by atoms with Crippen molar-refractivity contribution in [3.63, 3.8) is 0 Å². The van der Waals surface area contributed by atoms with Crippen LogP contribution in [0.1, 0.15) is 11.1 Å². The summed E-state index contributed by atoms with van der Waals surface area (Å²) in [4.78, 5) is 12.6. The van der Waals surface area contributed by atoms with E-state index >= 15 is 0 Å². The van der Waals surface area contributed by atoms with Crippen molar-refractivity contribution in [1.82, 2.24) is 4.31 Å². The molecule has 0 saturated carbocycles. The van der Waals surface area contributed by atoms with E-state index in [0.29, 0.717) is 0 Å². The van der Waals surface area contributed by atoms with Crippen molar-refractivity contribution in [1.29, 1.82) is 0 Å². The lowest BCUT2D eigenvalue weighted by Crippen LogP contribution is -2.37. The standard InChI is InChI=1S/C22H21FN2O3S/c1-17-11-13-18(14-12-17)15-25(29(27,28)19-7-3-2-4-8-19)16-22(26)24-21-10-6-5-9-20(21)23/h2-14H,15-16H2,1H3,(H,24,26). The van der Waals surface area contributed by atoms with Crippen LogP contribution in [0.4, 0.5) is 10.1 Å². The molecule has 3 rings (SSSR count). The van der Waals surface area contributed by atoms with Gasteiger partial charge in [-0.1, -0.05) is 60.2 Å². The highest BCUT2D eigenvalue weighted by atomic mass is 32.2. The molecule has 0 atom stereocenters. The van der Waals surface area contributed by atoms with E-state index in [9.17, 15) is 17.6 Å². The average Bonchev–Trinajstić information content (AvgIpc) is 2.71. The first kappa shape index (κ1) is 20.7. The molecule has 0 aliphatic heterocycles. The lowest BCUT2D eigenvalue weighted by atomic mass is 10.1. The molecule has 3 aromatic carbocycles. The van der Waals surface area contributed by atoms with Gasteiger partial charge in [0.25, 0.3) is 0 Å². The van der Waals surface area contributed by atoms with Crippen molar-refractivity contribution in [3.05, 3.63) is 95.8 Å². The molecule has 0 spiro atoms. The first-order valence-electron chi connectivity index (χ1n) is 9.01. The van der Waals surface area contributed by atoms with Gasteiger partial charge in [-0.2, -0.15) is 4.31 Å². The summed E-state index contributed by atoms with van der Waals surface area (Å²) in [6.45, 7) is 1.51. The Balaban J connectivity index is 1.87. The molecule has 0 heterocycles. The molecule has 0 aromatic heterocycles. The molecule has 1 N–H and O–H groups in total. The third-order valence-corrected chi connectivity index (χ3v) is 6.13. The van der Waals surface area contributed by atoms with E-state index < -0.39 is 28.3 Å². The highest BCUT2D eigenvalue weighted by Crippen LogP contribution is 2.19. The number of aryl methyl sites for hydroxylation is 1. The largest absolute Gasteiger partial charge is 0.322 e. The zero-order valence-corrected chi connectivity index (χ0v) is 16.7. The molecule has 0 saturated heterocycles. The van der Waals surface area contributed by atoms with Crippen LogP contribution in [-0.4, -0.2) is 25.2 Å². The maximum atomic E-state index is 13.8. The van der Waals surface area contributed by atoms with Crippen LogP contribution in [0.25, 0.3) is 0 Å². The minimum Gasteiger partial charge on any atom is -0.322 e. The second-order valence-corrected chi connectivity index (χ2v) is 8.54. The monoisotopic (exact) mass is 412 g/mol. The molecule has 0 radical (unpaired) electrons. The van der Waals surface area contributed by atoms with Gasteiger partial charge in [-0.25, -0.2) is 12.8 Å². The molecule has 7 heteroatoms. The Morgan fingerprint density at radius 1 is 0.931 bits per heavy atom. The van der Waals surface area contributed by atoms with E-state index in [1.807, 2.05) is 31.2 Å². The maximum absolute atomic E-state index is 13.8. The molecular weight excluding hydrogens is 391 g/mol. The van der Waals surface area contributed by atoms with Crippen molar-refractivity contribution in [2.45, 2.75) is 18.4 Å². The van der Waals surface area contributed by atoms with Crippen LogP contribution in [-0.2, 0) is 21.4 Å². The number of carbonyl (C=O) groups is 1. The van der Waals surface area contributed by atoms with Gasteiger partial charge < -0.3 is 5.32 Å². The molecule has 0 aliphatic carbocycles. The lowest BCUT2D eigenvalue weighted by molar-refractivity contribution is -0.116. The highest BCUT2D eigenvalue weighted by molar-refractivity contribution is 7.89.